The average molecular weight is 241 g/mol. The molecule has 3 nitrogen and oxygen atoms in total. The van der Waals surface area contributed by atoms with Crippen LogP contribution in [0, 0.1) is 17.8 Å². The Morgan fingerprint density at radius 3 is 2.65 bits per heavy atom. The monoisotopic (exact) mass is 241 g/mol. The van der Waals surface area contributed by atoms with Crippen molar-refractivity contribution in [3.05, 3.63) is 0 Å². The molecule has 1 fully saturated rings. The Kier molecular flexibility index (Phi) is 5.96. The molecule has 0 bridgehead atoms. The van der Waals surface area contributed by atoms with E-state index in [9.17, 15) is 4.79 Å². The number of esters is 1. The van der Waals surface area contributed by atoms with Gasteiger partial charge in [0.05, 0.1) is 5.92 Å². The Hall–Kier alpha value is -0.570. The Bertz CT molecular complexity index is 240. The fraction of sp³-hybridized carbons (Fsp3) is 0.929. The summed E-state index contributed by atoms with van der Waals surface area (Å²) in [7, 11) is 0. The number of ether oxygens (including phenoxy) is 1. The first-order chi connectivity index (χ1) is 8.08. The molecule has 0 aromatic rings. The second-order valence-corrected chi connectivity index (χ2v) is 5.59. The summed E-state index contributed by atoms with van der Waals surface area (Å²) in [6, 6.07) is 0. The van der Waals surface area contributed by atoms with Crippen molar-refractivity contribution in [1.82, 2.24) is 0 Å². The van der Waals surface area contributed by atoms with Crippen LogP contribution < -0.4 is 5.73 Å². The maximum absolute atomic E-state index is 12.0. The van der Waals surface area contributed by atoms with Gasteiger partial charge in [-0.2, -0.15) is 0 Å². The molecule has 3 heteroatoms. The summed E-state index contributed by atoms with van der Waals surface area (Å²) in [5.41, 5.74) is 5.63. The van der Waals surface area contributed by atoms with E-state index >= 15 is 0 Å². The summed E-state index contributed by atoms with van der Waals surface area (Å²) in [5.74, 6) is 0.760. The first-order valence-electron chi connectivity index (χ1n) is 6.99. The van der Waals surface area contributed by atoms with Crippen LogP contribution in [0.15, 0.2) is 0 Å². The highest BCUT2D eigenvalue weighted by Gasteiger charge is 2.28. The van der Waals surface area contributed by atoms with Crippen molar-refractivity contribution < 1.29 is 9.53 Å². The summed E-state index contributed by atoms with van der Waals surface area (Å²) >= 11 is 0. The lowest BCUT2D eigenvalue weighted by Crippen LogP contribution is -2.34. The summed E-state index contributed by atoms with van der Waals surface area (Å²) in [5, 5.41) is 0. The van der Waals surface area contributed by atoms with Crippen molar-refractivity contribution in [2.75, 3.05) is 6.54 Å². The van der Waals surface area contributed by atoms with Crippen LogP contribution in [0.25, 0.3) is 0 Å². The first-order valence-corrected chi connectivity index (χ1v) is 6.99. The maximum Gasteiger partial charge on any atom is 0.310 e. The molecule has 0 aromatic heterocycles. The first kappa shape index (κ1) is 14.5. The minimum atomic E-state index is -0.142. The summed E-state index contributed by atoms with van der Waals surface area (Å²) in [6.07, 6.45) is 5.86. The number of carbonyl (C=O) groups excluding carboxylic acids is 1. The minimum absolute atomic E-state index is 0.0933. The molecule has 0 heterocycles. The number of rotatable bonds is 5. The third kappa shape index (κ3) is 4.30. The van der Waals surface area contributed by atoms with Gasteiger partial charge in [0.15, 0.2) is 0 Å². The fourth-order valence-electron chi connectivity index (χ4n) is 2.61. The lowest BCUT2D eigenvalue weighted by molar-refractivity contribution is -0.157. The second-order valence-electron chi connectivity index (χ2n) is 5.59. The number of hydrogen-bond donors (Lipinski definition) is 1. The van der Waals surface area contributed by atoms with Crippen LogP contribution in [0.3, 0.4) is 0 Å². The number of nitrogens with two attached hydrogens (primary N) is 1. The van der Waals surface area contributed by atoms with Gasteiger partial charge in [0, 0.05) is 6.54 Å². The van der Waals surface area contributed by atoms with Gasteiger partial charge in [0.2, 0.25) is 0 Å². The average Bonchev–Trinajstić information content (AvgIpc) is 2.29. The van der Waals surface area contributed by atoms with Gasteiger partial charge in [-0.1, -0.05) is 33.6 Å². The van der Waals surface area contributed by atoms with Crippen LogP contribution in [0.1, 0.15) is 52.9 Å². The topological polar surface area (TPSA) is 52.3 Å². The predicted octanol–water partition coefficient (Wildman–Crippen LogP) is 2.73. The molecule has 1 rings (SSSR count). The normalized spacial score (nSPS) is 26.9. The van der Waals surface area contributed by atoms with Crippen molar-refractivity contribution in [2.24, 2.45) is 23.5 Å². The van der Waals surface area contributed by atoms with Gasteiger partial charge in [-0.05, 0) is 31.1 Å². The van der Waals surface area contributed by atoms with E-state index in [0.717, 1.165) is 18.8 Å². The summed E-state index contributed by atoms with van der Waals surface area (Å²) < 4.78 is 5.62. The smallest absolute Gasteiger partial charge is 0.310 e. The molecule has 0 spiro atoms. The van der Waals surface area contributed by atoms with Crippen molar-refractivity contribution in [3.8, 4) is 0 Å². The Balaban J connectivity index is 2.44. The van der Waals surface area contributed by atoms with Crippen molar-refractivity contribution >= 4 is 5.97 Å². The van der Waals surface area contributed by atoms with Crippen LogP contribution in [-0.2, 0) is 9.53 Å². The molecule has 1 aliphatic carbocycles. The van der Waals surface area contributed by atoms with E-state index in [4.69, 9.17) is 10.5 Å². The highest BCUT2D eigenvalue weighted by atomic mass is 16.5. The van der Waals surface area contributed by atoms with Crippen LogP contribution in [0.5, 0.6) is 0 Å². The van der Waals surface area contributed by atoms with E-state index in [1.165, 1.54) is 19.3 Å². The highest BCUT2D eigenvalue weighted by Crippen LogP contribution is 2.29. The second kappa shape index (κ2) is 7.00. The molecule has 0 radical (unpaired) electrons. The van der Waals surface area contributed by atoms with Crippen LogP contribution in [-0.4, -0.2) is 18.6 Å². The fourth-order valence-corrected chi connectivity index (χ4v) is 2.61. The highest BCUT2D eigenvalue weighted by molar-refractivity contribution is 5.73. The van der Waals surface area contributed by atoms with E-state index < -0.39 is 0 Å². The third-order valence-corrected chi connectivity index (χ3v) is 3.96. The molecule has 1 aliphatic rings. The Morgan fingerprint density at radius 2 is 2.12 bits per heavy atom. The third-order valence-electron chi connectivity index (χ3n) is 3.96. The van der Waals surface area contributed by atoms with E-state index in [1.807, 2.05) is 13.8 Å². The number of hydrogen-bond acceptors (Lipinski definition) is 3. The quantitative estimate of drug-likeness (QED) is 0.753. The van der Waals surface area contributed by atoms with Gasteiger partial charge in [-0.25, -0.2) is 0 Å². The standard InChI is InChI=1S/C14H27NO2/c1-4-11-6-5-7-12(8-11)17-14(16)13(9-15)10(2)3/h10-13H,4-9,15H2,1-3H3. The minimum Gasteiger partial charge on any atom is -0.462 e. The van der Waals surface area contributed by atoms with Crippen molar-refractivity contribution in [3.63, 3.8) is 0 Å². The van der Waals surface area contributed by atoms with E-state index in [2.05, 4.69) is 6.92 Å². The molecule has 0 aliphatic heterocycles. The maximum atomic E-state index is 12.0. The lowest BCUT2D eigenvalue weighted by atomic mass is 9.85. The molecule has 0 saturated heterocycles. The summed E-state index contributed by atoms with van der Waals surface area (Å²) in [4.78, 5) is 12.0. The van der Waals surface area contributed by atoms with Gasteiger partial charge in [0.25, 0.3) is 0 Å². The molecule has 17 heavy (non-hydrogen) atoms. The SMILES string of the molecule is CCC1CCCC(OC(=O)C(CN)C(C)C)C1. The number of carbonyl (C=O) groups is 1. The largest absolute Gasteiger partial charge is 0.462 e. The molecular weight excluding hydrogens is 214 g/mol. The van der Waals surface area contributed by atoms with Crippen LogP contribution >= 0.6 is 0 Å². The van der Waals surface area contributed by atoms with Crippen molar-refractivity contribution in [1.29, 1.82) is 0 Å². The molecule has 1 saturated carbocycles. The van der Waals surface area contributed by atoms with Gasteiger partial charge >= 0.3 is 5.97 Å². The van der Waals surface area contributed by atoms with E-state index in [-0.39, 0.29) is 23.9 Å². The van der Waals surface area contributed by atoms with Crippen LogP contribution in [0.4, 0.5) is 0 Å². The zero-order valence-corrected chi connectivity index (χ0v) is 11.4. The van der Waals surface area contributed by atoms with E-state index in [1.54, 1.807) is 0 Å². The van der Waals surface area contributed by atoms with Crippen molar-refractivity contribution in [2.45, 2.75) is 59.0 Å². The zero-order chi connectivity index (χ0) is 12.8. The predicted molar refractivity (Wildman–Crippen MR) is 69.5 cm³/mol. The summed E-state index contributed by atoms with van der Waals surface area (Å²) in [6.45, 7) is 6.65. The molecule has 2 N–H and O–H groups in total. The molecule has 100 valence electrons. The molecular formula is C14H27NO2. The van der Waals surface area contributed by atoms with Gasteiger partial charge < -0.3 is 10.5 Å². The zero-order valence-electron chi connectivity index (χ0n) is 11.4. The molecule has 0 aromatic carbocycles. The van der Waals surface area contributed by atoms with Gasteiger partial charge in [0.1, 0.15) is 6.10 Å². The molecule has 3 atom stereocenters. The van der Waals surface area contributed by atoms with Gasteiger partial charge in [-0.15, -0.1) is 0 Å². The van der Waals surface area contributed by atoms with E-state index in [0.29, 0.717) is 6.54 Å². The Labute approximate surface area is 105 Å². The molecule has 0 amide bonds. The Morgan fingerprint density at radius 1 is 1.41 bits per heavy atom. The van der Waals surface area contributed by atoms with Gasteiger partial charge in [-0.3, -0.25) is 4.79 Å². The lowest BCUT2D eigenvalue weighted by Gasteiger charge is -2.29. The van der Waals surface area contributed by atoms with Crippen LogP contribution in [0.2, 0.25) is 0 Å². The molecule has 3 unspecified atom stereocenters.